The maximum absolute atomic E-state index is 5.52. The SMILES string of the molecule is CCCNC(CCCOC)c1ccc(C)cc1OC. The number of aryl methyl sites for hydroxylation is 1. The molecule has 0 saturated heterocycles. The molecular formula is C16H27NO2. The molecule has 108 valence electrons. The Hall–Kier alpha value is -1.06. The summed E-state index contributed by atoms with van der Waals surface area (Å²) < 4.78 is 10.7. The molecule has 0 radical (unpaired) electrons. The summed E-state index contributed by atoms with van der Waals surface area (Å²) in [5.41, 5.74) is 2.48. The largest absolute Gasteiger partial charge is 0.496 e. The molecule has 1 aromatic rings. The predicted octanol–water partition coefficient (Wildman–Crippen LogP) is 3.47. The van der Waals surface area contributed by atoms with Gasteiger partial charge in [-0.05, 0) is 44.4 Å². The predicted molar refractivity (Wildman–Crippen MR) is 79.9 cm³/mol. The van der Waals surface area contributed by atoms with Gasteiger partial charge in [0.15, 0.2) is 0 Å². The third kappa shape index (κ3) is 5.21. The summed E-state index contributed by atoms with van der Waals surface area (Å²) in [6, 6.07) is 6.76. The molecule has 1 atom stereocenters. The van der Waals surface area contributed by atoms with E-state index in [2.05, 4.69) is 37.4 Å². The average Bonchev–Trinajstić information content (AvgIpc) is 2.43. The van der Waals surface area contributed by atoms with Crippen LogP contribution < -0.4 is 10.1 Å². The maximum Gasteiger partial charge on any atom is 0.123 e. The van der Waals surface area contributed by atoms with E-state index in [1.54, 1.807) is 14.2 Å². The highest BCUT2D eigenvalue weighted by molar-refractivity contribution is 5.39. The van der Waals surface area contributed by atoms with E-state index in [-0.39, 0.29) is 0 Å². The molecular weight excluding hydrogens is 238 g/mol. The van der Waals surface area contributed by atoms with Crippen LogP contribution in [-0.2, 0) is 4.74 Å². The zero-order valence-electron chi connectivity index (χ0n) is 12.7. The van der Waals surface area contributed by atoms with E-state index in [0.29, 0.717) is 6.04 Å². The second-order valence-electron chi connectivity index (χ2n) is 4.89. The Kier molecular flexibility index (Phi) is 7.53. The van der Waals surface area contributed by atoms with Crippen LogP contribution in [0.1, 0.15) is 43.4 Å². The number of ether oxygens (including phenoxy) is 2. The Balaban J connectivity index is 2.82. The van der Waals surface area contributed by atoms with Gasteiger partial charge in [-0.15, -0.1) is 0 Å². The monoisotopic (exact) mass is 265 g/mol. The van der Waals surface area contributed by atoms with E-state index in [1.165, 1.54) is 11.1 Å². The van der Waals surface area contributed by atoms with E-state index in [9.17, 15) is 0 Å². The quantitative estimate of drug-likeness (QED) is 0.693. The van der Waals surface area contributed by atoms with Gasteiger partial charge in [-0.25, -0.2) is 0 Å². The van der Waals surface area contributed by atoms with E-state index in [0.717, 1.165) is 38.2 Å². The molecule has 0 aromatic heterocycles. The first-order valence-electron chi connectivity index (χ1n) is 7.09. The van der Waals surface area contributed by atoms with Gasteiger partial charge in [-0.3, -0.25) is 0 Å². The first-order chi connectivity index (χ1) is 9.22. The lowest BCUT2D eigenvalue weighted by Gasteiger charge is -2.21. The van der Waals surface area contributed by atoms with Crippen LogP contribution >= 0.6 is 0 Å². The summed E-state index contributed by atoms with van der Waals surface area (Å²) >= 11 is 0. The lowest BCUT2D eigenvalue weighted by Crippen LogP contribution is -2.23. The smallest absolute Gasteiger partial charge is 0.123 e. The molecule has 19 heavy (non-hydrogen) atoms. The highest BCUT2D eigenvalue weighted by atomic mass is 16.5. The van der Waals surface area contributed by atoms with Crippen molar-refractivity contribution >= 4 is 0 Å². The molecule has 0 fully saturated rings. The lowest BCUT2D eigenvalue weighted by molar-refractivity contribution is 0.188. The molecule has 1 unspecified atom stereocenters. The number of benzene rings is 1. The second-order valence-corrected chi connectivity index (χ2v) is 4.89. The Morgan fingerprint density at radius 2 is 2.05 bits per heavy atom. The normalized spacial score (nSPS) is 12.4. The first-order valence-corrected chi connectivity index (χ1v) is 7.09. The molecule has 0 amide bonds. The van der Waals surface area contributed by atoms with E-state index in [4.69, 9.17) is 9.47 Å². The lowest BCUT2D eigenvalue weighted by atomic mass is 9.99. The van der Waals surface area contributed by atoms with Gasteiger partial charge in [0.05, 0.1) is 7.11 Å². The molecule has 0 saturated carbocycles. The van der Waals surface area contributed by atoms with Crippen molar-refractivity contribution in [2.75, 3.05) is 27.4 Å². The molecule has 0 bridgehead atoms. The number of hydrogen-bond donors (Lipinski definition) is 1. The summed E-state index contributed by atoms with van der Waals surface area (Å²) in [6.07, 6.45) is 3.25. The Labute approximate surface area is 117 Å². The molecule has 1 aromatic carbocycles. The molecule has 0 aliphatic rings. The van der Waals surface area contributed by atoms with Gasteiger partial charge in [0.25, 0.3) is 0 Å². The van der Waals surface area contributed by atoms with Crippen LogP contribution in [0.25, 0.3) is 0 Å². The number of methoxy groups -OCH3 is 2. The fraction of sp³-hybridized carbons (Fsp3) is 0.625. The molecule has 0 spiro atoms. The summed E-state index contributed by atoms with van der Waals surface area (Å²) in [4.78, 5) is 0. The van der Waals surface area contributed by atoms with Gasteiger partial charge in [-0.2, -0.15) is 0 Å². The molecule has 3 heteroatoms. The summed E-state index contributed by atoms with van der Waals surface area (Å²) in [5.74, 6) is 0.978. The Morgan fingerprint density at radius 3 is 2.68 bits per heavy atom. The van der Waals surface area contributed by atoms with Crippen LogP contribution in [0.15, 0.2) is 18.2 Å². The van der Waals surface area contributed by atoms with Crippen molar-refractivity contribution in [3.8, 4) is 5.75 Å². The summed E-state index contributed by atoms with van der Waals surface area (Å²) in [5, 5.41) is 3.60. The van der Waals surface area contributed by atoms with Crippen LogP contribution in [0.3, 0.4) is 0 Å². The Morgan fingerprint density at radius 1 is 1.26 bits per heavy atom. The van der Waals surface area contributed by atoms with Crippen LogP contribution in [0.4, 0.5) is 0 Å². The van der Waals surface area contributed by atoms with Crippen molar-refractivity contribution < 1.29 is 9.47 Å². The molecule has 1 N–H and O–H groups in total. The van der Waals surface area contributed by atoms with Crippen molar-refractivity contribution in [2.45, 2.75) is 39.2 Å². The topological polar surface area (TPSA) is 30.5 Å². The van der Waals surface area contributed by atoms with Gasteiger partial charge in [0, 0.05) is 25.3 Å². The van der Waals surface area contributed by atoms with Gasteiger partial charge in [0.2, 0.25) is 0 Å². The molecule has 0 heterocycles. The highest BCUT2D eigenvalue weighted by Crippen LogP contribution is 2.29. The minimum Gasteiger partial charge on any atom is -0.496 e. The third-order valence-corrected chi connectivity index (χ3v) is 3.25. The van der Waals surface area contributed by atoms with Crippen molar-refractivity contribution in [1.29, 1.82) is 0 Å². The van der Waals surface area contributed by atoms with Crippen LogP contribution in [0.2, 0.25) is 0 Å². The van der Waals surface area contributed by atoms with Crippen molar-refractivity contribution in [3.05, 3.63) is 29.3 Å². The van der Waals surface area contributed by atoms with E-state index >= 15 is 0 Å². The third-order valence-electron chi connectivity index (χ3n) is 3.25. The standard InChI is InChI=1S/C16H27NO2/c1-5-10-17-15(7-6-11-18-3)14-9-8-13(2)12-16(14)19-4/h8-9,12,15,17H,5-7,10-11H2,1-4H3. The first kappa shape index (κ1) is 16.0. The fourth-order valence-electron chi connectivity index (χ4n) is 2.22. The van der Waals surface area contributed by atoms with Gasteiger partial charge >= 0.3 is 0 Å². The summed E-state index contributed by atoms with van der Waals surface area (Å²) in [6.45, 7) is 6.10. The highest BCUT2D eigenvalue weighted by Gasteiger charge is 2.15. The minimum atomic E-state index is 0.339. The van der Waals surface area contributed by atoms with Gasteiger partial charge in [0.1, 0.15) is 5.75 Å². The fourth-order valence-corrected chi connectivity index (χ4v) is 2.22. The van der Waals surface area contributed by atoms with Gasteiger partial charge in [-0.1, -0.05) is 19.1 Å². The van der Waals surface area contributed by atoms with Crippen molar-refractivity contribution in [3.63, 3.8) is 0 Å². The molecule has 3 nitrogen and oxygen atoms in total. The average molecular weight is 265 g/mol. The zero-order chi connectivity index (χ0) is 14.1. The number of nitrogens with one attached hydrogen (secondary N) is 1. The maximum atomic E-state index is 5.52. The van der Waals surface area contributed by atoms with E-state index < -0.39 is 0 Å². The minimum absolute atomic E-state index is 0.339. The number of rotatable bonds is 9. The second kappa shape index (κ2) is 8.94. The molecule has 0 aliphatic carbocycles. The molecule has 0 aliphatic heterocycles. The van der Waals surface area contributed by atoms with Crippen molar-refractivity contribution in [1.82, 2.24) is 5.32 Å². The Bertz CT molecular complexity index is 366. The van der Waals surface area contributed by atoms with Crippen LogP contribution in [0, 0.1) is 6.92 Å². The van der Waals surface area contributed by atoms with Crippen molar-refractivity contribution in [2.24, 2.45) is 0 Å². The number of hydrogen-bond acceptors (Lipinski definition) is 3. The van der Waals surface area contributed by atoms with E-state index in [1.807, 2.05) is 0 Å². The van der Waals surface area contributed by atoms with Crippen LogP contribution in [-0.4, -0.2) is 27.4 Å². The zero-order valence-corrected chi connectivity index (χ0v) is 12.7. The van der Waals surface area contributed by atoms with Crippen LogP contribution in [0.5, 0.6) is 5.75 Å². The molecule has 1 rings (SSSR count). The summed E-state index contributed by atoms with van der Waals surface area (Å²) in [7, 11) is 3.49. The van der Waals surface area contributed by atoms with Gasteiger partial charge < -0.3 is 14.8 Å².